The Morgan fingerprint density at radius 2 is 2.36 bits per heavy atom. The van der Waals surface area contributed by atoms with E-state index < -0.39 is 6.10 Å². The van der Waals surface area contributed by atoms with Crippen LogP contribution in [-0.2, 0) is 4.74 Å². The Kier molecular flexibility index (Phi) is 2.52. The number of ether oxygens (including phenoxy) is 1. The molecule has 0 aromatic rings. The largest absolute Gasteiger partial charge is 0.389 e. The summed E-state index contributed by atoms with van der Waals surface area (Å²) in [4.78, 5) is 0. The van der Waals surface area contributed by atoms with Crippen LogP contribution in [-0.4, -0.2) is 30.5 Å². The van der Waals surface area contributed by atoms with E-state index in [4.69, 9.17) is 10.5 Å². The van der Waals surface area contributed by atoms with E-state index in [1.807, 2.05) is 0 Å². The Bertz CT molecular complexity index is 136. The molecule has 1 aliphatic heterocycles. The lowest BCUT2D eigenvalue weighted by Gasteiger charge is -2.16. The maximum absolute atomic E-state index is 9.34. The van der Waals surface area contributed by atoms with Crippen LogP contribution in [0.3, 0.4) is 0 Å². The van der Waals surface area contributed by atoms with Crippen molar-refractivity contribution in [2.75, 3.05) is 13.2 Å². The van der Waals surface area contributed by atoms with Gasteiger partial charge < -0.3 is 15.6 Å². The Balaban J connectivity index is 2.41. The van der Waals surface area contributed by atoms with Crippen LogP contribution in [0, 0.1) is 5.41 Å². The number of nitrogens with two attached hydrogens (primary N) is 1. The van der Waals surface area contributed by atoms with Crippen molar-refractivity contribution in [2.45, 2.75) is 32.5 Å². The second-order valence-corrected chi connectivity index (χ2v) is 4.02. The summed E-state index contributed by atoms with van der Waals surface area (Å²) in [6.07, 6.45) is 0.373. The first-order valence-electron chi connectivity index (χ1n) is 4.05. The third-order valence-corrected chi connectivity index (χ3v) is 2.11. The third kappa shape index (κ3) is 2.15. The summed E-state index contributed by atoms with van der Waals surface area (Å²) < 4.78 is 5.39. The van der Waals surface area contributed by atoms with Crippen molar-refractivity contribution in [3.05, 3.63) is 0 Å². The molecule has 1 aliphatic rings. The minimum atomic E-state index is -0.489. The molecule has 1 saturated heterocycles. The van der Waals surface area contributed by atoms with E-state index in [0.717, 1.165) is 13.0 Å². The highest BCUT2D eigenvalue weighted by atomic mass is 16.5. The second-order valence-electron chi connectivity index (χ2n) is 4.02. The molecule has 1 heterocycles. The zero-order valence-electron chi connectivity index (χ0n) is 7.21. The molecule has 1 rings (SSSR count). The van der Waals surface area contributed by atoms with Crippen LogP contribution < -0.4 is 5.73 Å². The number of aliphatic hydroxyl groups excluding tert-OH is 1. The van der Waals surface area contributed by atoms with Crippen LogP contribution in [0.25, 0.3) is 0 Å². The van der Waals surface area contributed by atoms with Crippen molar-refractivity contribution >= 4 is 0 Å². The van der Waals surface area contributed by atoms with Crippen LogP contribution in [0.4, 0.5) is 0 Å². The molecule has 0 saturated carbocycles. The van der Waals surface area contributed by atoms with E-state index in [9.17, 15) is 5.11 Å². The van der Waals surface area contributed by atoms with Crippen LogP contribution in [0.2, 0.25) is 0 Å². The van der Waals surface area contributed by atoms with Gasteiger partial charge in [0.25, 0.3) is 0 Å². The molecule has 2 atom stereocenters. The zero-order valence-corrected chi connectivity index (χ0v) is 7.21. The van der Waals surface area contributed by atoms with Crippen molar-refractivity contribution in [3.8, 4) is 0 Å². The minimum Gasteiger partial charge on any atom is -0.389 e. The maximum atomic E-state index is 9.34. The van der Waals surface area contributed by atoms with Gasteiger partial charge in [0.15, 0.2) is 0 Å². The smallest absolute Gasteiger partial charge is 0.0923 e. The molecule has 3 heteroatoms. The summed E-state index contributed by atoms with van der Waals surface area (Å²) in [5.41, 5.74) is 5.52. The SMILES string of the molecule is CC1(C)CO[C@H]([C@H](O)CN)C1. The van der Waals surface area contributed by atoms with E-state index in [1.54, 1.807) is 0 Å². The molecule has 0 aliphatic carbocycles. The van der Waals surface area contributed by atoms with Crippen molar-refractivity contribution < 1.29 is 9.84 Å². The standard InChI is InChI=1S/C8H17NO2/c1-8(2)3-7(11-5-8)6(10)4-9/h6-7,10H,3-5,9H2,1-2H3/t6-,7+/m1/s1. The average molecular weight is 159 g/mol. The Morgan fingerprint density at radius 3 is 2.73 bits per heavy atom. The van der Waals surface area contributed by atoms with Crippen molar-refractivity contribution in [3.63, 3.8) is 0 Å². The van der Waals surface area contributed by atoms with Gasteiger partial charge in [0.2, 0.25) is 0 Å². The summed E-state index contributed by atoms with van der Waals surface area (Å²) in [5.74, 6) is 0. The number of hydrogen-bond donors (Lipinski definition) is 2. The molecule has 11 heavy (non-hydrogen) atoms. The van der Waals surface area contributed by atoms with Gasteiger partial charge in [-0.15, -0.1) is 0 Å². The Morgan fingerprint density at radius 1 is 1.73 bits per heavy atom. The molecule has 1 fully saturated rings. The van der Waals surface area contributed by atoms with E-state index in [-0.39, 0.29) is 11.5 Å². The summed E-state index contributed by atoms with van der Waals surface area (Å²) in [5, 5.41) is 9.34. The van der Waals surface area contributed by atoms with Gasteiger partial charge in [-0.25, -0.2) is 0 Å². The van der Waals surface area contributed by atoms with E-state index in [1.165, 1.54) is 0 Å². The Hall–Kier alpha value is -0.120. The number of hydrogen-bond acceptors (Lipinski definition) is 3. The van der Waals surface area contributed by atoms with Crippen LogP contribution in [0.1, 0.15) is 20.3 Å². The first-order chi connectivity index (χ1) is 5.05. The fourth-order valence-corrected chi connectivity index (χ4v) is 1.39. The number of aliphatic hydroxyl groups is 1. The van der Waals surface area contributed by atoms with Crippen molar-refractivity contribution in [1.29, 1.82) is 0 Å². The van der Waals surface area contributed by atoms with Gasteiger partial charge >= 0.3 is 0 Å². The van der Waals surface area contributed by atoms with Gasteiger partial charge in [-0.1, -0.05) is 13.8 Å². The predicted molar refractivity (Wildman–Crippen MR) is 43.2 cm³/mol. The molecule has 0 amide bonds. The van der Waals surface area contributed by atoms with E-state index in [2.05, 4.69) is 13.8 Å². The molecule has 0 aromatic heterocycles. The average Bonchev–Trinajstić information content (AvgIpc) is 2.29. The molecule has 0 unspecified atom stereocenters. The van der Waals surface area contributed by atoms with Gasteiger partial charge in [-0.3, -0.25) is 0 Å². The lowest BCUT2D eigenvalue weighted by molar-refractivity contribution is 0.00210. The molecule has 3 N–H and O–H groups in total. The lowest BCUT2D eigenvalue weighted by Crippen LogP contribution is -2.33. The fourth-order valence-electron chi connectivity index (χ4n) is 1.39. The van der Waals surface area contributed by atoms with E-state index in [0.29, 0.717) is 6.54 Å². The van der Waals surface area contributed by atoms with Gasteiger partial charge in [-0.2, -0.15) is 0 Å². The molecule has 0 radical (unpaired) electrons. The maximum Gasteiger partial charge on any atom is 0.0923 e. The van der Waals surface area contributed by atoms with Crippen molar-refractivity contribution in [1.82, 2.24) is 0 Å². The normalized spacial score (nSPS) is 32.2. The summed E-state index contributed by atoms with van der Waals surface area (Å²) in [6, 6.07) is 0. The molecular formula is C8H17NO2. The fraction of sp³-hybridized carbons (Fsp3) is 1.00. The first kappa shape index (κ1) is 8.97. The summed E-state index contributed by atoms with van der Waals surface area (Å²) >= 11 is 0. The van der Waals surface area contributed by atoms with Gasteiger partial charge in [0, 0.05) is 6.54 Å². The van der Waals surface area contributed by atoms with Gasteiger partial charge in [0.05, 0.1) is 18.8 Å². The predicted octanol–water partition coefficient (Wildman–Crippen LogP) is 0.121. The quantitative estimate of drug-likeness (QED) is 0.601. The molecule has 66 valence electrons. The molecule has 0 aromatic carbocycles. The molecular weight excluding hydrogens is 142 g/mol. The molecule has 3 nitrogen and oxygen atoms in total. The molecule has 0 spiro atoms. The summed E-state index contributed by atoms with van der Waals surface area (Å²) in [6.45, 7) is 5.29. The lowest BCUT2D eigenvalue weighted by atomic mass is 9.89. The second kappa shape index (κ2) is 3.09. The van der Waals surface area contributed by atoms with Crippen molar-refractivity contribution in [2.24, 2.45) is 11.1 Å². The van der Waals surface area contributed by atoms with E-state index >= 15 is 0 Å². The first-order valence-corrected chi connectivity index (χ1v) is 4.05. The Labute approximate surface area is 67.5 Å². The van der Waals surface area contributed by atoms with Crippen LogP contribution >= 0.6 is 0 Å². The van der Waals surface area contributed by atoms with Crippen LogP contribution in [0.15, 0.2) is 0 Å². The topological polar surface area (TPSA) is 55.5 Å². The minimum absolute atomic E-state index is 0.0463. The highest BCUT2D eigenvalue weighted by molar-refractivity contribution is 4.84. The molecule has 0 bridgehead atoms. The van der Waals surface area contributed by atoms with Gasteiger partial charge in [-0.05, 0) is 11.8 Å². The van der Waals surface area contributed by atoms with Crippen LogP contribution in [0.5, 0.6) is 0 Å². The van der Waals surface area contributed by atoms with Gasteiger partial charge in [0.1, 0.15) is 0 Å². The monoisotopic (exact) mass is 159 g/mol. The number of rotatable bonds is 2. The highest BCUT2D eigenvalue weighted by Crippen LogP contribution is 2.32. The third-order valence-electron chi connectivity index (χ3n) is 2.11. The highest BCUT2D eigenvalue weighted by Gasteiger charge is 2.35. The summed E-state index contributed by atoms with van der Waals surface area (Å²) in [7, 11) is 0. The zero-order chi connectivity index (χ0) is 8.48.